The minimum Gasteiger partial charge on any atom is -0.485 e. The van der Waals surface area contributed by atoms with E-state index in [2.05, 4.69) is 27.0 Å². The maximum atomic E-state index is 9.28. The molecule has 0 aliphatic heterocycles. The summed E-state index contributed by atoms with van der Waals surface area (Å²) in [5.41, 5.74) is 3.36. The normalized spacial score (nSPS) is 11.0. The van der Waals surface area contributed by atoms with Gasteiger partial charge in [-0.15, -0.1) is 0 Å². The molecule has 0 unspecified atom stereocenters. The summed E-state index contributed by atoms with van der Waals surface area (Å²) in [7, 11) is 0. The lowest BCUT2D eigenvalue weighted by atomic mass is 10.2. The van der Waals surface area contributed by atoms with Crippen LogP contribution in [0.15, 0.2) is 53.4 Å². The van der Waals surface area contributed by atoms with Crippen molar-refractivity contribution < 1.29 is 4.74 Å². The summed E-state index contributed by atoms with van der Waals surface area (Å²) in [5, 5.41) is 10.2. The third-order valence-corrected chi connectivity index (χ3v) is 6.11. The molecule has 28 heavy (non-hydrogen) atoms. The molecule has 0 spiro atoms. The topological polar surface area (TPSA) is 55.2 Å². The van der Waals surface area contributed by atoms with E-state index >= 15 is 0 Å². The number of pyridine rings is 1. The van der Waals surface area contributed by atoms with Crippen LogP contribution in [0.1, 0.15) is 17.0 Å². The number of aryl methyl sites for hydroxylation is 1. The fraction of sp³-hybridized carbons (Fsp3) is 0.100. The van der Waals surface area contributed by atoms with Crippen LogP contribution >= 0.6 is 39.1 Å². The SMILES string of the molecule is Cc1nc2c(OCc3c(Cl)ccc(-n4cccc4C#N)c3Cl)cccn2c1Br. The molecule has 0 aliphatic rings. The zero-order valence-electron chi connectivity index (χ0n) is 14.7. The first kappa shape index (κ1) is 18.9. The number of benzene rings is 1. The average molecular weight is 476 g/mol. The minimum absolute atomic E-state index is 0.165. The highest BCUT2D eigenvalue weighted by Gasteiger charge is 2.16. The van der Waals surface area contributed by atoms with E-state index in [4.69, 9.17) is 27.9 Å². The summed E-state index contributed by atoms with van der Waals surface area (Å²) in [6, 6.07) is 12.9. The van der Waals surface area contributed by atoms with Crippen LogP contribution in [-0.4, -0.2) is 14.0 Å². The van der Waals surface area contributed by atoms with Crippen molar-refractivity contribution in [2.75, 3.05) is 0 Å². The largest absolute Gasteiger partial charge is 0.485 e. The van der Waals surface area contributed by atoms with Crippen LogP contribution < -0.4 is 4.74 Å². The van der Waals surface area contributed by atoms with Crippen LogP contribution in [0.25, 0.3) is 11.3 Å². The molecule has 0 aliphatic carbocycles. The highest BCUT2D eigenvalue weighted by atomic mass is 79.9. The first-order valence-corrected chi connectivity index (χ1v) is 9.87. The number of nitriles is 1. The molecule has 0 radical (unpaired) electrons. The third kappa shape index (κ3) is 3.16. The Hall–Kier alpha value is -2.46. The summed E-state index contributed by atoms with van der Waals surface area (Å²) in [5.74, 6) is 0.618. The van der Waals surface area contributed by atoms with Crippen LogP contribution in [0.2, 0.25) is 10.0 Å². The second-order valence-corrected chi connectivity index (χ2v) is 7.61. The minimum atomic E-state index is 0.165. The predicted molar refractivity (Wildman–Crippen MR) is 112 cm³/mol. The Bertz CT molecular complexity index is 1240. The van der Waals surface area contributed by atoms with Gasteiger partial charge < -0.3 is 9.30 Å². The van der Waals surface area contributed by atoms with Crippen molar-refractivity contribution in [3.8, 4) is 17.5 Å². The van der Waals surface area contributed by atoms with Gasteiger partial charge in [-0.05, 0) is 59.3 Å². The Labute approximate surface area is 179 Å². The molecule has 4 rings (SSSR count). The van der Waals surface area contributed by atoms with Gasteiger partial charge in [0, 0.05) is 23.0 Å². The Kier molecular flexibility index (Phi) is 5.07. The molecule has 0 saturated carbocycles. The number of hydrogen-bond acceptors (Lipinski definition) is 3. The van der Waals surface area contributed by atoms with Crippen molar-refractivity contribution in [2.24, 2.45) is 0 Å². The molecule has 0 fully saturated rings. The van der Waals surface area contributed by atoms with Gasteiger partial charge >= 0.3 is 0 Å². The quantitative estimate of drug-likeness (QED) is 0.366. The fourth-order valence-electron chi connectivity index (χ4n) is 2.98. The summed E-state index contributed by atoms with van der Waals surface area (Å²) >= 11 is 16.5. The zero-order chi connectivity index (χ0) is 19.8. The molecule has 0 atom stereocenters. The lowest BCUT2D eigenvalue weighted by Crippen LogP contribution is -2.03. The molecular formula is C20H13BrCl2N4O. The molecule has 4 aromatic rings. The van der Waals surface area contributed by atoms with Crippen molar-refractivity contribution in [1.82, 2.24) is 14.0 Å². The summed E-state index contributed by atoms with van der Waals surface area (Å²) < 4.78 is 10.5. The van der Waals surface area contributed by atoms with Gasteiger partial charge in [-0.25, -0.2) is 4.98 Å². The van der Waals surface area contributed by atoms with Crippen LogP contribution in [-0.2, 0) is 6.61 Å². The zero-order valence-corrected chi connectivity index (χ0v) is 17.8. The molecule has 3 aromatic heterocycles. The monoisotopic (exact) mass is 474 g/mol. The van der Waals surface area contributed by atoms with Gasteiger partial charge in [0.1, 0.15) is 23.0 Å². The number of aromatic nitrogens is 3. The molecule has 0 N–H and O–H groups in total. The van der Waals surface area contributed by atoms with Gasteiger partial charge in [-0.1, -0.05) is 23.2 Å². The Morgan fingerprint density at radius 1 is 1.18 bits per heavy atom. The van der Waals surface area contributed by atoms with Gasteiger partial charge in [0.2, 0.25) is 0 Å². The summed E-state index contributed by atoms with van der Waals surface area (Å²) in [6.45, 7) is 2.08. The number of nitrogens with zero attached hydrogens (tertiary/aromatic N) is 4. The lowest BCUT2D eigenvalue weighted by Gasteiger charge is -2.14. The van der Waals surface area contributed by atoms with Crippen molar-refractivity contribution in [3.05, 3.63) is 80.4 Å². The second kappa shape index (κ2) is 7.51. The van der Waals surface area contributed by atoms with Crippen LogP contribution in [0.5, 0.6) is 5.75 Å². The second-order valence-electron chi connectivity index (χ2n) is 6.08. The van der Waals surface area contributed by atoms with E-state index in [1.165, 1.54) is 0 Å². The van der Waals surface area contributed by atoms with Gasteiger partial charge in [-0.2, -0.15) is 5.26 Å². The average Bonchev–Trinajstić information content (AvgIpc) is 3.27. The molecule has 0 amide bonds. The van der Waals surface area contributed by atoms with E-state index in [0.29, 0.717) is 38.4 Å². The van der Waals surface area contributed by atoms with Gasteiger partial charge in [-0.3, -0.25) is 4.40 Å². The van der Waals surface area contributed by atoms with Crippen molar-refractivity contribution >= 4 is 44.8 Å². The van der Waals surface area contributed by atoms with Crippen LogP contribution in [0, 0.1) is 18.3 Å². The van der Waals surface area contributed by atoms with Crippen LogP contribution in [0.4, 0.5) is 0 Å². The van der Waals surface area contributed by atoms with Gasteiger partial charge in [0.15, 0.2) is 11.4 Å². The molecular weight excluding hydrogens is 463 g/mol. The van der Waals surface area contributed by atoms with Crippen molar-refractivity contribution in [2.45, 2.75) is 13.5 Å². The highest BCUT2D eigenvalue weighted by Crippen LogP contribution is 2.33. The van der Waals surface area contributed by atoms with Gasteiger partial charge in [0.05, 0.1) is 16.4 Å². The first-order valence-electron chi connectivity index (χ1n) is 8.32. The number of hydrogen-bond donors (Lipinski definition) is 0. The van der Waals surface area contributed by atoms with Crippen LogP contribution in [0.3, 0.4) is 0 Å². The number of rotatable bonds is 4. The Balaban J connectivity index is 1.71. The predicted octanol–water partition coefficient (Wildman–Crippen LogP) is 5.95. The van der Waals surface area contributed by atoms with Gasteiger partial charge in [0.25, 0.3) is 0 Å². The van der Waals surface area contributed by atoms with E-state index in [1.54, 1.807) is 35.0 Å². The maximum absolute atomic E-state index is 9.28. The van der Waals surface area contributed by atoms with E-state index < -0.39 is 0 Å². The smallest absolute Gasteiger partial charge is 0.180 e. The van der Waals surface area contributed by atoms with Crippen molar-refractivity contribution in [1.29, 1.82) is 5.26 Å². The van der Waals surface area contributed by atoms with E-state index in [1.807, 2.05) is 29.7 Å². The van der Waals surface area contributed by atoms with E-state index in [-0.39, 0.29) is 6.61 Å². The van der Waals surface area contributed by atoms with E-state index in [0.717, 1.165) is 10.3 Å². The highest BCUT2D eigenvalue weighted by molar-refractivity contribution is 9.10. The third-order valence-electron chi connectivity index (χ3n) is 4.38. The Morgan fingerprint density at radius 2 is 1.96 bits per heavy atom. The molecule has 3 heterocycles. The molecule has 0 bridgehead atoms. The maximum Gasteiger partial charge on any atom is 0.180 e. The molecule has 0 saturated heterocycles. The fourth-order valence-corrected chi connectivity index (χ4v) is 3.92. The van der Waals surface area contributed by atoms with E-state index in [9.17, 15) is 5.26 Å². The molecule has 8 heteroatoms. The number of fused-ring (bicyclic) bond motifs is 1. The van der Waals surface area contributed by atoms with Crippen molar-refractivity contribution in [3.63, 3.8) is 0 Å². The number of ether oxygens (including phenoxy) is 1. The molecule has 5 nitrogen and oxygen atoms in total. The molecule has 140 valence electrons. The summed E-state index contributed by atoms with van der Waals surface area (Å²) in [4.78, 5) is 4.54. The molecule has 1 aromatic carbocycles. The number of halogens is 3. The Morgan fingerprint density at radius 3 is 2.75 bits per heavy atom. The number of imidazole rings is 1. The first-order chi connectivity index (χ1) is 13.5. The lowest BCUT2D eigenvalue weighted by molar-refractivity contribution is 0.308. The standard InChI is InChI=1S/C20H13BrCl2N4O/c1-12-19(21)27-9-3-5-17(20(27)25-12)28-11-14-15(22)6-7-16(18(14)23)26-8-2-4-13(26)10-24/h2-9H,11H2,1H3. The summed E-state index contributed by atoms with van der Waals surface area (Å²) in [6.07, 6.45) is 3.69.